The summed E-state index contributed by atoms with van der Waals surface area (Å²) in [5.41, 5.74) is 7.63. The number of hydrogen-bond acceptors (Lipinski definition) is 4. The zero-order valence-electron chi connectivity index (χ0n) is 22.6. The highest BCUT2D eigenvalue weighted by Crippen LogP contribution is 2.45. The second kappa shape index (κ2) is 8.81. The molecule has 43 heavy (non-hydrogen) atoms. The summed E-state index contributed by atoms with van der Waals surface area (Å²) in [7, 11) is 0. The molecule has 0 aliphatic carbocycles. The Bertz CT molecular complexity index is 2710. The normalized spacial score (nSPS) is 11.7. The van der Waals surface area contributed by atoms with E-state index in [-0.39, 0.29) is 0 Å². The van der Waals surface area contributed by atoms with Gasteiger partial charge in [-0.05, 0) is 54.1 Å². The van der Waals surface area contributed by atoms with Crippen LogP contribution in [0.3, 0.4) is 0 Å². The van der Waals surface area contributed by atoms with Gasteiger partial charge in [-0.3, -0.25) is 0 Å². The van der Waals surface area contributed by atoms with E-state index < -0.39 is 0 Å². The Morgan fingerprint density at radius 1 is 0.605 bits per heavy atom. The smallest absolute Gasteiger partial charge is 0.135 e. The third kappa shape index (κ3) is 3.29. The number of rotatable bonds is 2. The summed E-state index contributed by atoms with van der Waals surface area (Å²) in [6, 6.07) is 43.8. The van der Waals surface area contributed by atoms with Crippen molar-refractivity contribution in [2.75, 3.05) is 0 Å². The van der Waals surface area contributed by atoms with Gasteiger partial charge in [0, 0.05) is 42.6 Å². The maximum absolute atomic E-state index is 10.5. The minimum absolute atomic E-state index is 0.588. The number of para-hydroxylation sites is 2. The predicted octanol–water partition coefficient (Wildman–Crippen LogP) is 10.5. The van der Waals surface area contributed by atoms with E-state index in [0.717, 1.165) is 60.6 Å². The Hall–Kier alpha value is -5.88. The first-order valence-electron chi connectivity index (χ1n) is 14.0. The van der Waals surface area contributed by atoms with Gasteiger partial charge in [0.2, 0.25) is 0 Å². The largest absolute Gasteiger partial charge is 0.456 e. The molecule has 0 aliphatic rings. The molecular formula is C38H19N3OS. The Morgan fingerprint density at radius 3 is 2.23 bits per heavy atom. The first-order chi connectivity index (χ1) is 21.2. The van der Waals surface area contributed by atoms with E-state index in [2.05, 4.69) is 95.6 Å². The van der Waals surface area contributed by atoms with E-state index in [1.165, 1.54) is 20.2 Å². The van der Waals surface area contributed by atoms with Crippen LogP contribution >= 0.6 is 11.3 Å². The van der Waals surface area contributed by atoms with Gasteiger partial charge in [0.25, 0.3) is 0 Å². The van der Waals surface area contributed by atoms with Crippen molar-refractivity contribution >= 4 is 75.3 Å². The SMILES string of the molecule is N#Cc1ccc2oc3ccc(-c4cccc(C#N)c4-n4c5ccccc5c5ccc6c7ccccc7sc6c54)cc3c2c1. The second-order valence-corrected chi connectivity index (χ2v) is 11.8. The number of nitrogens with zero attached hydrogens (tertiary/aromatic N) is 3. The van der Waals surface area contributed by atoms with Gasteiger partial charge in [0.15, 0.2) is 0 Å². The minimum Gasteiger partial charge on any atom is -0.456 e. The minimum atomic E-state index is 0.588. The lowest BCUT2D eigenvalue weighted by Crippen LogP contribution is -2.01. The molecule has 9 rings (SSSR count). The lowest BCUT2D eigenvalue weighted by atomic mass is 9.98. The predicted molar refractivity (Wildman–Crippen MR) is 176 cm³/mol. The van der Waals surface area contributed by atoms with E-state index in [4.69, 9.17) is 4.42 Å². The fourth-order valence-corrected chi connectivity index (χ4v) is 7.83. The second-order valence-electron chi connectivity index (χ2n) is 10.7. The molecule has 6 aromatic carbocycles. The Kier molecular flexibility index (Phi) is 4.87. The van der Waals surface area contributed by atoms with Gasteiger partial charge in [-0.15, -0.1) is 11.3 Å². The summed E-state index contributed by atoms with van der Waals surface area (Å²) in [5, 5.41) is 26.6. The average Bonchev–Trinajstić information content (AvgIpc) is 3.73. The molecule has 0 spiro atoms. The van der Waals surface area contributed by atoms with Crippen molar-refractivity contribution in [1.29, 1.82) is 10.5 Å². The molecule has 0 amide bonds. The number of thiophene rings is 1. The molecule has 5 heteroatoms. The third-order valence-corrected chi connectivity index (χ3v) is 9.66. The van der Waals surface area contributed by atoms with E-state index in [0.29, 0.717) is 11.1 Å². The third-order valence-electron chi connectivity index (χ3n) is 8.47. The van der Waals surface area contributed by atoms with E-state index in [9.17, 15) is 10.5 Å². The molecule has 0 saturated heterocycles. The van der Waals surface area contributed by atoms with E-state index >= 15 is 0 Å². The summed E-state index contributed by atoms with van der Waals surface area (Å²) >= 11 is 1.80. The summed E-state index contributed by atoms with van der Waals surface area (Å²) in [6.07, 6.45) is 0. The van der Waals surface area contributed by atoms with Gasteiger partial charge < -0.3 is 8.98 Å². The summed E-state index contributed by atoms with van der Waals surface area (Å²) in [5.74, 6) is 0. The van der Waals surface area contributed by atoms with Crippen molar-refractivity contribution in [3.63, 3.8) is 0 Å². The van der Waals surface area contributed by atoms with Crippen molar-refractivity contribution in [2.24, 2.45) is 0 Å². The lowest BCUT2D eigenvalue weighted by Gasteiger charge is -2.16. The Morgan fingerprint density at radius 2 is 1.37 bits per heavy atom. The molecule has 0 bridgehead atoms. The van der Waals surface area contributed by atoms with Crippen molar-refractivity contribution in [2.45, 2.75) is 0 Å². The van der Waals surface area contributed by atoms with Gasteiger partial charge in [-0.2, -0.15) is 10.5 Å². The zero-order chi connectivity index (χ0) is 28.7. The van der Waals surface area contributed by atoms with Crippen LogP contribution in [0.5, 0.6) is 0 Å². The van der Waals surface area contributed by atoms with Crippen LogP contribution in [-0.2, 0) is 0 Å². The average molecular weight is 566 g/mol. The van der Waals surface area contributed by atoms with E-state index in [1.807, 2.05) is 30.3 Å². The molecule has 9 aromatic rings. The summed E-state index contributed by atoms with van der Waals surface area (Å²) < 4.78 is 10.9. The standard InChI is InChI=1S/C38H19N3OS/c39-20-22-12-16-33-30(18-22)31-19-23(13-17-34(31)42-33)25-9-5-6-24(21-40)36(25)41-32-10-3-1-7-26(32)28-14-15-29-27-8-2-4-11-35(27)43-38(29)37(28)41/h1-19H. The van der Waals surface area contributed by atoms with Crippen molar-refractivity contribution < 1.29 is 4.42 Å². The van der Waals surface area contributed by atoms with Crippen LogP contribution in [0, 0.1) is 22.7 Å². The molecular weight excluding hydrogens is 547 g/mol. The van der Waals surface area contributed by atoms with Crippen LogP contribution < -0.4 is 0 Å². The molecule has 4 nitrogen and oxygen atoms in total. The quantitative estimate of drug-likeness (QED) is 0.209. The highest BCUT2D eigenvalue weighted by molar-refractivity contribution is 7.26. The first kappa shape index (κ1) is 23.8. The lowest BCUT2D eigenvalue weighted by molar-refractivity contribution is 0.669. The molecule has 0 aliphatic heterocycles. The fraction of sp³-hybridized carbons (Fsp3) is 0. The number of furan rings is 1. The zero-order valence-corrected chi connectivity index (χ0v) is 23.4. The maximum Gasteiger partial charge on any atom is 0.135 e. The van der Waals surface area contributed by atoms with Crippen LogP contribution in [0.25, 0.3) is 80.7 Å². The monoisotopic (exact) mass is 565 g/mol. The van der Waals surface area contributed by atoms with Crippen molar-refractivity contribution in [3.8, 4) is 29.0 Å². The molecule has 0 unspecified atom stereocenters. The first-order valence-corrected chi connectivity index (χ1v) is 14.8. The highest BCUT2D eigenvalue weighted by atomic mass is 32.1. The van der Waals surface area contributed by atoms with Crippen LogP contribution in [-0.4, -0.2) is 4.57 Å². The van der Waals surface area contributed by atoms with Crippen LogP contribution in [0.2, 0.25) is 0 Å². The molecule has 198 valence electrons. The van der Waals surface area contributed by atoms with Gasteiger partial charge in [0.05, 0.1) is 38.6 Å². The number of nitriles is 2. The fourth-order valence-electron chi connectivity index (χ4n) is 6.59. The van der Waals surface area contributed by atoms with Crippen LogP contribution in [0.15, 0.2) is 120 Å². The molecule has 0 saturated carbocycles. The van der Waals surface area contributed by atoms with E-state index in [1.54, 1.807) is 17.4 Å². The maximum atomic E-state index is 10.5. The topological polar surface area (TPSA) is 65.7 Å². The van der Waals surface area contributed by atoms with Crippen molar-refractivity contribution in [1.82, 2.24) is 4.57 Å². The number of hydrogen-bond donors (Lipinski definition) is 0. The molecule has 3 heterocycles. The summed E-state index contributed by atoms with van der Waals surface area (Å²) in [6.45, 7) is 0. The molecule has 0 N–H and O–H groups in total. The van der Waals surface area contributed by atoms with Crippen molar-refractivity contribution in [3.05, 3.63) is 126 Å². The number of benzene rings is 6. The highest BCUT2D eigenvalue weighted by Gasteiger charge is 2.22. The van der Waals surface area contributed by atoms with Gasteiger partial charge in [-0.25, -0.2) is 0 Å². The van der Waals surface area contributed by atoms with Gasteiger partial charge in [-0.1, -0.05) is 66.7 Å². The summed E-state index contributed by atoms with van der Waals surface area (Å²) in [4.78, 5) is 0. The number of fused-ring (bicyclic) bond motifs is 10. The molecule has 0 fully saturated rings. The van der Waals surface area contributed by atoms with Gasteiger partial charge in [0.1, 0.15) is 17.2 Å². The molecule has 0 radical (unpaired) electrons. The Balaban J connectivity index is 1.42. The van der Waals surface area contributed by atoms with Gasteiger partial charge >= 0.3 is 0 Å². The van der Waals surface area contributed by atoms with Crippen LogP contribution in [0.4, 0.5) is 0 Å². The Labute approximate surface area is 249 Å². The van der Waals surface area contributed by atoms with Crippen LogP contribution in [0.1, 0.15) is 11.1 Å². The number of aromatic nitrogens is 1. The molecule has 3 aromatic heterocycles. The molecule has 0 atom stereocenters.